The van der Waals surface area contributed by atoms with Crippen molar-refractivity contribution >= 4 is 17.0 Å². The molecule has 3 heterocycles. The number of hydrogen-bond donors (Lipinski definition) is 5. The minimum atomic E-state index is -1.22. The van der Waals surface area contributed by atoms with E-state index in [0.717, 1.165) is 5.56 Å². The maximum absolute atomic E-state index is 10.3. The summed E-state index contributed by atoms with van der Waals surface area (Å²) in [7, 11) is 0. The molecule has 2 aromatic heterocycles. The number of phenols is 1. The summed E-state index contributed by atoms with van der Waals surface area (Å²) in [6.07, 6.45) is -0.646. The summed E-state index contributed by atoms with van der Waals surface area (Å²) in [6.45, 7) is 1.60. The molecule has 0 spiro atoms. The minimum Gasteiger partial charge on any atom is -0.508 e. The van der Waals surface area contributed by atoms with Gasteiger partial charge < -0.3 is 30.5 Å². The first kappa shape index (κ1) is 19.5. The molecule has 29 heavy (non-hydrogen) atoms. The van der Waals surface area contributed by atoms with Gasteiger partial charge in [0.15, 0.2) is 23.2 Å². The molecule has 5 N–H and O–H groups in total. The van der Waals surface area contributed by atoms with E-state index in [1.807, 2.05) is 19.1 Å². The minimum absolute atomic E-state index is 0.0247. The van der Waals surface area contributed by atoms with Gasteiger partial charge in [-0.15, -0.1) is 0 Å². The summed E-state index contributed by atoms with van der Waals surface area (Å²) in [5, 5.41) is 42.3. The number of aromatic hydroxyl groups is 1. The molecule has 1 saturated heterocycles. The number of aromatic nitrogens is 4. The van der Waals surface area contributed by atoms with Crippen molar-refractivity contribution in [2.24, 2.45) is 0 Å². The van der Waals surface area contributed by atoms with Gasteiger partial charge in [0.25, 0.3) is 0 Å². The van der Waals surface area contributed by atoms with Gasteiger partial charge >= 0.3 is 0 Å². The van der Waals surface area contributed by atoms with E-state index in [1.54, 1.807) is 12.1 Å². The van der Waals surface area contributed by atoms with E-state index < -0.39 is 31.1 Å². The molecule has 10 heteroatoms. The van der Waals surface area contributed by atoms with E-state index in [9.17, 15) is 20.4 Å². The number of benzene rings is 1. The first-order valence-corrected chi connectivity index (χ1v) is 9.32. The van der Waals surface area contributed by atoms with Crippen LogP contribution in [-0.4, -0.2) is 70.9 Å². The first-order valence-electron chi connectivity index (χ1n) is 9.32. The van der Waals surface area contributed by atoms with Gasteiger partial charge in [0.05, 0.1) is 12.9 Å². The summed E-state index contributed by atoms with van der Waals surface area (Å²) in [5.74, 6) is 0.758. The third-order valence-electron chi connectivity index (χ3n) is 5.01. The monoisotopic (exact) mass is 401 g/mol. The Morgan fingerprint density at radius 1 is 1.14 bits per heavy atom. The van der Waals surface area contributed by atoms with Crippen molar-refractivity contribution in [2.45, 2.75) is 43.9 Å². The SMILES string of the molecule is C[C@H](Cc1ccc(O)cc1)Nc1ncnc2c1ncn2[C@@H]1O[C@H](CO)[C@@H](O)[C@H]1O. The number of anilines is 1. The topological polar surface area (TPSA) is 146 Å². The van der Waals surface area contributed by atoms with Crippen molar-refractivity contribution in [3.63, 3.8) is 0 Å². The number of nitrogens with zero attached hydrogens (tertiary/aromatic N) is 4. The van der Waals surface area contributed by atoms with Gasteiger partial charge in [-0.05, 0) is 31.0 Å². The Bertz CT molecular complexity index is 979. The molecule has 0 saturated carbocycles. The summed E-state index contributed by atoms with van der Waals surface area (Å²) in [5.41, 5.74) is 2.00. The summed E-state index contributed by atoms with van der Waals surface area (Å²) in [6, 6.07) is 7.04. The Morgan fingerprint density at radius 3 is 2.59 bits per heavy atom. The standard InChI is InChI=1S/C19H23N5O5/c1-10(6-11-2-4-12(26)5-3-11)23-17-14-18(21-8-20-17)24(9-22-14)19-16(28)15(27)13(7-25)29-19/h2-5,8-10,13,15-16,19,25-28H,6-7H2,1H3,(H,20,21,23)/t10-,13-,15-,16-,19-/m1/s1. The van der Waals surface area contributed by atoms with Crippen LogP contribution in [0.3, 0.4) is 0 Å². The second-order valence-electron chi connectivity index (χ2n) is 7.19. The number of nitrogens with one attached hydrogen (secondary N) is 1. The van der Waals surface area contributed by atoms with Gasteiger partial charge in [0.2, 0.25) is 0 Å². The molecule has 4 rings (SSSR count). The number of aliphatic hydroxyl groups is 3. The van der Waals surface area contributed by atoms with Crippen molar-refractivity contribution in [3.8, 4) is 5.75 Å². The molecule has 3 aromatic rings. The molecule has 5 atom stereocenters. The number of hydrogen-bond acceptors (Lipinski definition) is 9. The highest BCUT2D eigenvalue weighted by Crippen LogP contribution is 2.32. The van der Waals surface area contributed by atoms with Crippen LogP contribution >= 0.6 is 0 Å². The lowest BCUT2D eigenvalue weighted by atomic mass is 10.1. The second-order valence-corrected chi connectivity index (χ2v) is 7.19. The van der Waals surface area contributed by atoms with E-state index in [4.69, 9.17) is 4.74 Å². The number of aliphatic hydroxyl groups excluding tert-OH is 3. The third-order valence-corrected chi connectivity index (χ3v) is 5.01. The van der Waals surface area contributed by atoms with Crippen LogP contribution in [0.1, 0.15) is 18.7 Å². The Kier molecular flexibility index (Phi) is 5.33. The largest absolute Gasteiger partial charge is 0.508 e. The number of ether oxygens (including phenoxy) is 1. The number of phenolic OH excluding ortho intramolecular Hbond substituents is 1. The number of rotatable bonds is 6. The highest BCUT2D eigenvalue weighted by atomic mass is 16.6. The molecule has 1 fully saturated rings. The maximum Gasteiger partial charge on any atom is 0.167 e. The van der Waals surface area contributed by atoms with Crippen molar-refractivity contribution in [1.82, 2.24) is 19.5 Å². The van der Waals surface area contributed by atoms with Crippen LogP contribution in [0.25, 0.3) is 11.2 Å². The van der Waals surface area contributed by atoms with E-state index in [1.165, 1.54) is 17.2 Å². The lowest BCUT2D eigenvalue weighted by Crippen LogP contribution is -2.33. The van der Waals surface area contributed by atoms with Crippen LogP contribution in [0.15, 0.2) is 36.9 Å². The van der Waals surface area contributed by atoms with Gasteiger partial charge in [0, 0.05) is 6.04 Å². The Hall–Kier alpha value is -2.79. The van der Waals surface area contributed by atoms with Gasteiger partial charge in [-0.1, -0.05) is 12.1 Å². The molecular formula is C19H23N5O5. The highest BCUT2D eigenvalue weighted by molar-refractivity contribution is 5.82. The lowest BCUT2D eigenvalue weighted by Gasteiger charge is -2.17. The summed E-state index contributed by atoms with van der Waals surface area (Å²) in [4.78, 5) is 12.9. The van der Waals surface area contributed by atoms with Crippen molar-refractivity contribution in [1.29, 1.82) is 0 Å². The van der Waals surface area contributed by atoms with Crippen LogP contribution in [-0.2, 0) is 11.2 Å². The van der Waals surface area contributed by atoms with Crippen molar-refractivity contribution in [3.05, 3.63) is 42.5 Å². The smallest absolute Gasteiger partial charge is 0.167 e. The molecule has 10 nitrogen and oxygen atoms in total. The molecule has 1 aromatic carbocycles. The van der Waals surface area contributed by atoms with Gasteiger partial charge in [0.1, 0.15) is 30.4 Å². The fourth-order valence-electron chi connectivity index (χ4n) is 3.52. The van der Waals surface area contributed by atoms with Crippen molar-refractivity contribution in [2.75, 3.05) is 11.9 Å². The predicted molar refractivity (Wildman–Crippen MR) is 103 cm³/mol. The molecule has 0 radical (unpaired) electrons. The average Bonchev–Trinajstić information content (AvgIpc) is 3.26. The van der Waals surface area contributed by atoms with Crippen LogP contribution in [0, 0.1) is 0 Å². The molecular weight excluding hydrogens is 378 g/mol. The quantitative estimate of drug-likeness (QED) is 0.390. The van der Waals surface area contributed by atoms with Crippen LogP contribution in [0.5, 0.6) is 5.75 Å². The number of fused-ring (bicyclic) bond motifs is 1. The molecule has 1 aliphatic heterocycles. The Labute approximate surface area is 166 Å². The fourth-order valence-corrected chi connectivity index (χ4v) is 3.52. The van der Waals surface area contributed by atoms with E-state index >= 15 is 0 Å². The molecule has 0 aliphatic carbocycles. The van der Waals surface area contributed by atoms with E-state index in [0.29, 0.717) is 23.4 Å². The van der Waals surface area contributed by atoms with Crippen molar-refractivity contribution < 1.29 is 25.2 Å². The number of imidazole rings is 1. The lowest BCUT2D eigenvalue weighted by molar-refractivity contribution is -0.0511. The van der Waals surface area contributed by atoms with Gasteiger partial charge in [-0.25, -0.2) is 15.0 Å². The van der Waals surface area contributed by atoms with Crippen LogP contribution in [0.2, 0.25) is 0 Å². The van der Waals surface area contributed by atoms with Crippen LogP contribution < -0.4 is 5.32 Å². The maximum atomic E-state index is 10.3. The van der Waals surface area contributed by atoms with Gasteiger partial charge in [-0.3, -0.25) is 4.57 Å². The molecule has 1 aliphatic rings. The van der Waals surface area contributed by atoms with E-state index in [2.05, 4.69) is 20.3 Å². The second kappa shape index (κ2) is 7.91. The Balaban J connectivity index is 1.55. The molecule has 0 bridgehead atoms. The predicted octanol–water partition coefficient (Wildman–Crippen LogP) is 0.186. The molecule has 154 valence electrons. The van der Waals surface area contributed by atoms with Gasteiger partial charge in [-0.2, -0.15) is 0 Å². The van der Waals surface area contributed by atoms with E-state index in [-0.39, 0.29) is 11.8 Å². The summed E-state index contributed by atoms with van der Waals surface area (Å²) >= 11 is 0. The zero-order chi connectivity index (χ0) is 20.5. The first-order chi connectivity index (χ1) is 14.0. The molecule has 0 unspecified atom stereocenters. The van der Waals surface area contributed by atoms with Crippen LogP contribution in [0.4, 0.5) is 5.82 Å². The molecule has 0 amide bonds. The summed E-state index contributed by atoms with van der Waals surface area (Å²) < 4.78 is 7.09. The average molecular weight is 401 g/mol. The fraction of sp³-hybridized carbons (Fsp3) is 0.421. The zero-order valence-electron chi connectivity index (χ0n) is 15.8. The highest BCUT2D eigenvalue weighted by Gasteiger charge is 2.44. The zero-order valence-corrected chi connectivity index (χ0v) is 15.8. The Morgan fingerprint density at radius 2 is 1.90 bits per heavy atom. The third kappa shape index (κ3) is 3.75. The normalized spacial score (nSPS) is 25.4.